The molecule has 2 heterocycles. The van der Waals surface area contributed by atoms with Gasteiger partial charge in [0.2, 0.25) is 5.91 Å². The van der Waals surface area contributed by atoms with Crippen LogP contribution in [0, 0.1) is 11.2 Å². The Morgan fingerprint density at radius 2 is 1.84 bits per heavy atom. The minimum Gasteiger partial charge on any atom is -0.369 e. The van der Waals surface area contributed by atoms with Crippen molar-refractivity contribution in [3.8, 4) is 11.1 Å². The maximum Gasteiger partial charge on any atom is 0.255 e. The minimum absolute atomic E-state index is 0.145. The van der Waals surface area contributed by atoms with E-state index in [4.69, 9.17) is 5.73 Å². The summed E-state index contributed by atoms with van der Waals surface area (Å²) in [6.45, 7) is 0.847. The Morgan fingerprint density at radius 1 is 1.06 bits per heavy atom. The lowest BCUT2D eigenvalue weighted by Gasteiger charge is -2.41. The van der Waals surface area contributed by atoms with E-state index in [0.717, 1.165) is 11.1 Å². The van der Waals surface area contributed by atoms with Crippen molar-refractivity contribution < 1.29 is 14.0 Å². The molecule has 0 spiro atoms. The Bertz CT molecular complexity index is 1090. The Hall–Kier alpha value is -3.54. The van der Waals surface area contributed by atoms with Crippen LogP contribution in [0.2, 0.25) is 0 Å². The van der Waals surface area contributed by atoms with Crippen molar-refractivity contribution in [1.29, 1.82) is 0 Å². The van der Waals surface area contributed by atoms with Gasteiger partial charge < -0.3 is 10.6 Å². The number of hydrogen-bond acceptors (Lipinski definition) is 3. The van der Waals surface area contributed by atoms with Crippen LogP contribution >= 0.6 is 0 Å². The van der Waals surface area contributed by atoms with Gasteiger partial charge in [0, 0.05) is 31.0 Å². The summed E-state index contributed by atoms with van der Waals surface area (Å²) in [6, 6.07) is 17.6. The molecular formula is C25H24FN3O2. The summed E-state index contributed by atoms with van der Waals surface area (Å²) in [5.41, 5.74) is 7.74. The first-order chi connectivity index (χ1) is 15.0. The molecule has 1 atom stereocenters. The third-order valence-corrected chi connectivity index (χ3v) is 5.98. The zero-order chi connectivity index (χ0) is 21.8. The SMILES string of the molecule is NC(=O)[C@]1(Cc2ccc(-c3ccccc3F)cc2)CCCN(C(=O)c2cccnc2)C1. The zero-order valence-corrected chi connectivity index (χ0v) is 17.1. The number of likely N-dealkylation sites (tertiary alicyclic amines) is 1. The number of nitrogens with two attached hydrogens (primary N) is 1. The molecule has 5 nitrogen and oxygen atoms in total. The average molecular weight is 417 g/mol. The first-order valence-corrected chi connectivity index (χ1v) is 10.3. The Labute approximate surface area is 180 Å². The van der Waals surface area contributed by atoms with Gasteiger partial charge in [0.05, 0.1) is 11.0 Å². The largest absolute Gasteiger partial charge is 0.369 e. The van der Waals surface area contributed by atoms with Crippen LogP contribution in [0.3, 0.4) is 0 Å². The summed E-state index contributed by atoms with van der Waals surface area (Å²) >= 11 is 0. The van der Waals surface area contributed by atoms with Gasteiger partial charge in [0.1, 0.15) is 5.82 Å². The van der Waals surface area contributed by atoms with Crippen LogP contribution in [0.1, 0.15) is 28.8 Å². The van der Waals surface area contributed by atoms with Crippen LogP contribution in [0.4, 0.5) is 4.39 Å². The highest BCUT2D eigenvalue weighted by atomic mass is 19.1. The van der Waals surface area contributed by atoms with Crippen molar-refractivity contribution in [1.82, 2.24) is 9.88 Å². The highest BCUT2D eigenvalue weighted by Crippen LogP contribution is 2.35. The van der Waals surface area contributed by atoms with Crippen LogP contribution in [-0.4, -0.2) is 34.8 Å². The number of aromatic nitrogens is 1. The van der Waals surface area contributed by atoms with Gasteiger partial charge in [-0.05, 0) is 48.6 Å². The lowest BCUT2D eigenvalue weighted by atomic mass is 9.74. The van der Waals surface area contributed by atoms with Gasteiger partial charge in [-0.15, -0.1) is 0 Å². The predicted octanol–water partition coefficient (Wildman–Crippen LogP) is 3.84. The van der Waals surface area contributed by atoms with Gasteiger partial charge in [-0.2, -0.15) is 0 Å². The third-order valence-electron chi connectivity index (χ3n) is 5.98. The van der Waals surface area contributed by atoms with E-state index in [1.54, 1.807) is 41.4 Å². The van der Waals surface area contributed by atoms with Gasteiger partial charge in [0.15, 0.2) is 0 Å². The van der Waals surface area contributed by atoms with Crippen molar-refractivity contribution in [2.45, 2.75) is 19.3 Å². The number of primary amides is 1. The minimum atomic E-state index is -0.838. The maximum atomic E-state index is 14.1. The van der Waals surface area contributed by atoms with Gasteiger partial charge in [-0.3, -0.25) is 14.6 Å². The van der Waals surface area contributed by atoms with E-state index in [2.05, 4.69) is 4.98 Å². The van der Waals surface area contributed by atoms with E-state index in [-0.39, 0.29) is 18.3 Å². The van der Waals surface area contributed by atoms with E-state index < -0.39 is 11.3 Å². The number of carbonyl (C=O) groups excluding carboxylic acids is 2. The topological polar surface area (TPSA) is 76.3 Å². The number of halogens is 1. The Balaban J connectivity index is 1.55. The van der Waals surface area contributed by atoms with Crippen LogP contribution in [0.15, 0.2) is 73.1 Å². The average Bonchev–Trinajstić information content (AvgIpc) is 2.80. The van der Waals surface area contributed by atoms with E-state index in [0.29, 0.717) is 36.9 Å². The molecule has 1 aliphatic heterocycles. The van der Waals surface area contributed by atoms with Crippen LogP contribution < -0.4 is 5.73 Å². The molecule has 0 unspecified atom stereocenters. The van der Waals surface area contributed by atoms with E-state index in [1.807, 2.05) is 24.3 Å². The van der Waals surface area contributed by atoms with Gasteiger partial charge in [-0.25, -0.2) is 4.39 Å². The summed E-state index contributed by atoms with van der Waals surface area (Å²) < 4.78 is 14.1. The first-order valence-electron chi connectivity index (χ1n) is 10.3. The standard InChI is InChI=1S/C25H24FN3O2/c26-22-7-2-1-6-21(22)19-10-8-18(9-11-19)15-25(24(27)31)12-4-14-29(17-25)23(30)20-5-3-13-28-16-20/h1-3,5-11,13,16H,4,12,14-15,17H2,(H2,27,31)/t25-/m0/s1. The summed E-state index contributed by atoms with van der Waals surface area (Å²) in [7, 11) is 0. The molecule has 0 radical (unpaired) electrons. The van der Waals surface area contributed by atoms with Crippen molar-refractivity contribution in [2.24, 2.45) is 11.1 Å². The molecule has 1 aromatic heterocycles. The molecule has 1 fully saturated rings. The second-order valence-corrected chi connectivity index (χ2v) is 8.07. The molecule has 158 valence electrons. The molecular weight excluding hydrogens is 393 g/mol. The van der Waals surface area contributed by atoms with Gasteiger partial charge >= 0.3 is 0 Å². The van der Waals surface area contributed by atoms with Crippen molar-refractivity contribution in [2.75, 3.05) is 13.1 Å². The summed E-state index contributed by atoms with van der Waals surface area (Å²) in [5.74, 6) is -0.830. The first kappa shape index (κ1) is 20.7. The second-order valence-electron chi connectivity index (χ2n) is 8.07. The molecule has 31 heavy (non-hydrogen) atoms. The fourth-order valence-electron chi connectivity index (χ4n) is 4.30. The fourth-order valence-corrected chi connectivity index (χ4v) is 4.30. The maximum absolute atomic E-state index is 14.1. The molecule has 2 amide bonds. The van der Waals surface area contributed by atoms with Crippen LogP contribution in [-0.2, 0) is 11.2 Å². The number of amides is 2. The molecule has 2 aromatic carbocycles. The van der Waals surface area contributed by atoms with E-state index in [1.165, 1.54) is 12.3 Å². The normalized spacial score (nSPS) is 18.5. The smallest absolute Gasteiger partial charge is 0.255 e. The molecule has 4 rings (SSSR count). The molecule has 3 aromatic rings. The van der Waals surface area contributed by atoms with E-state index >= 15 is 0 Å². The van der Waals surface area contributed by atoms with E-state index in [9.17, 15) is 14.0 Å². The van der Waals surface area contributed by atoms with Gasteiger partial charge in [-0.1, -0.05) is 42.5 Å². The number of carbonyl (C=O) groups is 2. The molecule has 0 saturated carbocycles. The summed E-state index contributed by atoms with van der Waals surface area (Å²) in [5, 5.41) is 0. The molecule has 1 saturated heterocycles. The van der Waals surface area contributed by atoms with Gasteiger partial charge in [0.25, 0.3) is 5.91 Å². The quantitative estimate of drug-likeness (QED) is 0.685. The monoisotopic (exact) mass is 417 g/mol. The summed E-state index contributed by atoms with van der Waals surface area (Å²) in [4.78, 5) is 31.1. The zero-order valence-electron chi connectivity index (χ0n) is 17.1. The number of nitrogens with zero attached hydrogens (tertiary/aromatic N) is 2. The predicted molar refractivity (Wildman–Crippen MR) is 117 cm³/mol. The number of piperidine rings is 1. The second kappa shape index (κ2) is 8.68. The lowest BCUT2D eigenvalue weighted by molar-refractivity contribution is -0.130. The molecule has 0 aliphatic carbocycles. The van der Waals surface area contributed by atoms with Crippen molar-refractivity contribution >= 4 is 11.8 Å². The van der Waals surface area contributed by atoms with Crippen LogP contribution in [0.25, 0.3) is 11.1 Å². The highest BCUT2D eigenvalue weighted by Gasteiger charge is 2.42. The Morgan fingerprint density at radius 3 is 2.52 bits per heavy atom. The van der Waals surface area contributed by atoms with Crippen molar-refractivity contribution in [3.05, 3.63) is 90.0 Å². The molecule has 0 bridgehead atoms. The Kier molecular flexibility index (Phi) is 5.80. The summed E-state index contributed by atoms with van der Waals surface area (Å²) in [6.07, 6.45) is 4.89. The van der Waals surface area contributed by atoms with Crippen LogP contribution in [0.5, 0.6) is 0 Å². The number of pyridine rings is 1. The highest BCUT2D eigenvalue weighted by molar-refractivity contribution is 5.94. The third kappa shape index (κ3) is 4.33. The van der Waals surface area contributed by atoms with Crippen molar-refractivity contribution in [3.63, 3.8) is 0 Å². The molecule has 6 heteroatoms. The molecule has 2 N–H and O–H groups in total. The number of rotatable bonds is 5. The fraction of sp³-hybridized carbons (Fsp3) is 0.240. The lowest BCUT2D eigenvalue weighted by Crippen LogP contribution is -2.53. The molecule has 1 aliphatic rings. The number of benzene rings is 2. The number of hydrogen-bond donors (Lipinski definition) is 1.